The molecule has 0 amide bonds. The topological polar surface area (TPSA) is 107 Å². The zero-order valence-corrected chi connectivity index (χ0v) is 16.4. The molecule has 0 saturated heterocycles. The number of fused-ring (bicyclic) bond motifs is 4. The van der Waals surface area contributed by atoms with Crippen molar-refractivity contribution in [3.63, 3.8) is 0 Å². The van der Waals surface area contributed by atoms with E-state index in [9.17, 15) is 19.8 Å². The third-order valence-electron chi connectivity index (χ3n) is 5.51. The maximum atomic E-state index is 12.3. The number of hydrogen-bond donors (Lipinski definition) is 4. The first-order valence-electron chi connectivity index (χ1n) is 9.63. The maximum Gasteiger partial charge on any atom is 0.345 e. The van der Waals surface area contributed by atoms with Crippen LogP contribution in [0.5, 0.6) is 5.75 Å². The van der Waals surface area contributed by atoms with E-state index in [-0.39, 0.29) is 0 Å². The zero-order valence-electron chi connectivity index (χ0n) is 16.4. The van der Waals surface area contributed by atoms with Gasteiger partial charge in [-0.3, -0.25) is 4.79 Å². The van der Waals surface area contributed by atoms with Crippen molar-refractivity contribution in [2.24, 2.45) is 7.05 Å². The van der Waals surface area contributed by atoms with Crippen LogP contribution in [0.2, 0.25) is 0 Å². The molecule has 0 radical (unpaired) electrons. The van der Waals surface area contributed by atoms with Gasteiger partial charge >= 0.3 is 5.97 Å². The Labute approximate surface area is 167 Å². The van der Waals surface area contributed by atoms with Gasteiger partial charge in [-0.25, -0.2) is 4.79 Å². The fourth-order valence-corrected chi connectivity index (χ4v) is 4.00. The first-order valence-corrected chi connectivity index (χ1v) is 9.63. The smallest absolute Gasteiger partial charge is 0.345 e. The summed E-state index contributed by atoms with van der Waals surface area (Å²) in [6.07, 6.45) is 5.04. The fraction of sp³-hybridized carbons (Fsp3) is 0.273. The monoisotopic (exact) mass is 393 g/mol. The number of nitrogens with one attached hydrogen (secondary N) is 2. The molecule has 4 N–H and O–H groups in total. The van der Waals surface area contributed by atoms with Crippen LogP contribution in [0.1, 0.15) is 34.1 Å². The van der Waals surface area contributed by atoms with Gasteiger partial charge in [-0.2, -0.15) is 0 Å². The number of hydrogen-bond acceptors (Lipinski definition) is 4. The summed E-state index contributed by atoms with van der Waals surface area (Å²) >= 11 is 0. The molecule has 29 heavy (non-hydrogen) atoms. The van der Waals surface area contributed by atoms with E-state index in [1.807, 2.05) is 25.3 Å². The average Bonchev–Trinajstić information content (AvgIpc) is 2.86. The third-order valence-corrected chi connectivity index (χ3v) is 5.51. The van der Waals surface area contributed by atoms with Crippen LogP contribution < -0.4 is 10.9 Å². The number of aromatic amines is 1. The zero-order chi connectivity index (χ0) is 20.7. The number of rotatable bonds is 5. The summed E-state index contributed by atoms with van der Waals surface area (Å²) in [6.45, 7) is 3.89. The number of aromatic carboxylic acids is 1. The van der Waals surface area contributed by atoms with Gasteiger partial charge in [0.05, 0.1) is 5.69 Å². The average molecular weight is 393 g/mol. The molecule has 0 unspecified atom stereocenters. The van der Waals surface area contributed by atoms with Crippen molar-refractivity contribution in [3.05, 3.63) is 57.0 Å². The van der Waals surface area contributed by atoms with Gasteiger partial charge < -0.3 is 25.1 Å². The van der Waals surface area contributed by atoms with E-state index in [2.05, 4.69) is 33.9 Å². The van der Waals surface area contributed by atoms with Gasteiger partial charge in [0.15, 0.2) is 5.56 Å². The van der Waals surface area contributed by atoms with Crippen molar-refractivity contribution in [1.29, 1.82) is 0 Å². The number of aryl methyl sites for hydroxylation is 1. The number of likely N-dealkylation sites (N-methyl/N-ethyl adjacent to an activating group) is 1. The summed E-state index contributed by atoms with van der Waals surface area (Å²) in [7, 11) is 2.04. The predicted octanol–water partition coefficient (Wildman–Crippen LogP) is 2.66. The van der Waals surface area contributed by atoms with Crippen LogP contribution in [0.25, 0.3) is 28.2 Å². The minimum atomic E-state index is -1.44. The molecule has 1 aliphatic rings. The molecule has 0 spiro atoms. The van der Waals surface area contributed by atoms with Gasteiger partial charge in [0.25, 0.3) is 5.56 Å². The second kappa shape index (κ2) is 7.25. The van der Waals surface area contributed by atoms with E-state index in [4.69, 9.17) is 0 Å². The summed E-state index contributed by atoms with van der Waals surface area (Å²) < 4.78 is 2.17. The summed E-state index contributed by atoms with van der Waals surface area (Å²) in [5.74, 6) is -1.91. The van der Waals surface area contributed by atoms with Crippen LogP contribution in [-0.4, -0.2) is 38.8 Å². The Balaban J connectivity index is 1.91. The Morgan fingerprint density at radius 1 is 1.31 bits per heavy atom. The van der Waals surface area contributed by atoms with E-state index >= 15 is 0 Å². The fourth-order valence-electron chi connectivity index (χ4n) is 4.00. The van der Waals surface area contributed by atoms with Gasteiger partial charge in [-0.1, -0.05) is 19.1 Å². The van der Waals surface area contributed by atoms with Crippen LogP contribution in [-0.2, 0) is 19.9 Å². The van der Waals surface area contributed by atoms with Gasteiger partial charge in [0.1, 0.15) is 5.75 Å². The molecular formula is C22H23N3O4. The summed E-state index contributed by atoms with van der Waals surface area (Å²) in [5.41, 5.74) is 3.42. The van der Waals surface area contributed by atoms with Crippen molar-refractivity contribution in [2.75, 3.05) is 13.1 Å². The Morgan fingerprint density at radius 2 is 2.10 bits per heavy atom. The number of allylic oxidation sites excluding steroid dienone is 1. The largest absolute Gasteiger partial charge is 0.506 e. The van der Waals surface area contributed by atoms with E-state index < -0.39 is 22.8 Å². The molecule has 1 aromatic carbocycles. The van der Waals surface area contributed by atoms with Crippen LogP contribution >= 0.6 is 0 Å². The Morgan fingerprint density at radius 3 is 2.83 bits per heavy atom. The molecule has 7 heteroatoms. The minimum absolute atomic E-state index is 0.331. The van der Waals surface area contributed by atoms with Gasteiger partial charge in [-0.15, -0.1) is 0 Å². The first kappa shape index (κ1) is 19.0. The van der Waals surface area contributed by atoms with Gasteiger partial charge in [-0.05, 0) is 36.7 Å². The molecule has 0 atom stereocenters. The molecule has 7 nitrogen and oxygen atoms in total. The van der Waals surface area contributed by atoms with Crippen molar-refractivity contribution in [2.45, 2.75) is 19.8 Å². The molecule has 150 valence electrons. The first-order chi connectivity index (χ1) is 13.9. The highest BCUT2D eigenvalue weighted by Crippen LogP contribution is 2.37. The molecule has 0 bridgehead atoms. The highest BCUT2D eigenvalue weighted by atomic mass is 16.4. The molecule has 2 heterocycles. The number of carboxylic acids is 1. The number of carbonyl (C=O) groups is 1. The highest BCUT2D eigenvalue weighted by Gasteiger charge is 2.24. The lowest BCUT2D eigenvalue weighted by Crippen LogP contribution is -2.20. The lowest BCUT2D eigenvalue weighted by molar-refractivity contribution is 0.0691. The third kappa shape index (κ3) is 3.13. The normalized spacial score (nSPS) is 12.6. The SMILES string of the molecule is CCNCCc1cc2cc3c(cc2n1C)C=CCc1c-3[nH]c(=O)c(C(=O)O)c1O. The van der Waals surface area contributed by atoms with Crippen LogP contribution in [0.4, 0.5) is 0 Å². The lowest BCUT2D eigenvalue weighted by atomic mass is 9.98. The van der Waals surface area contributed by atoms with Gasteiger partial charge in [0.2, 0.25) is 0 Å². The molecule has 1 aliphatic carbocycles. The maximum absolute atomic E-state index is 12.3. The number of nitrogens with zero attached hydrogens (tertiary/aromatic N) is 1. The summed E-state index contributed by atoms with van der Waals surface area (Å²) in [6, 6.07) is 6.18. The number of aromatic hydroxyl groups is 1. The Hall–Kier alpha value is -3.32. The highest BCUT2D eigenvalue weighted by molar-refractivity contribution is 5.95. The van der Waals surface area contributed by atoms with Crippen molar-refractivity contribution in [1.82, 2.24) is 14.9 Å². The van der Waals surface area contributed by atoms with Crippen molar-refractivity contribution < 1.29 is 15.0 Å². The number of carboxylic acid groups (broad SMARTS) is 1. The molecule has 0 aliphatic heterocycles. The Kier molecular flexibility index (Phi) is 4.76. The van der Waals surface area contributed by atoms with E-state index in [0.29, 0.717) is 17.7 Å². The van der Waals surface area contributed by atoms with Gasteiger partial charge in [0, 0.05) is 47.7 Å². The second-order valence-corrected chi connectivity index (χ2v) is 7.24. The number of aromatic nitrogens is 2. The Bertz CT molecular complexity index is 1220. The lowest BCUT2D eigenvalue weighted by Gasteiger charge is -2.13. The molecule has 0 saturated carbocycles. The molecular weight excluding hydrogens is 370 g/mol. The molecule has 3 aromatic rings. The molecule has 0 fully saturated rings. The second-order valence-electron chi connectivity index (χ2n) is 7.24. The van der Waals surface area contributed by atoms with E-state index in [0.717, 1.165) is 41.5 Å². The summed E-state index contributed by atoms with van der Waals surface area (Å²) in [5, 5.41) is 24.1. The minimum Gasteiger partial charge on any atom is -0.506 e. The molecule has 2 aromatic heterocycles. The quantitative estimate of drug-likeness (QED) is 0.499. The van der Waals surface area contributed by atoms with Crippen molar-refractivity contribution in [3.8, 4) is 17.0 Å². The summed E-state index contributed by atoms with van der Waals surface area (Å²) in [4.78, 5) is 26.4. The van der Waals surface area contributed by atoms with Crippen molar-refractivity contribution >= 4 is 22.9 Å². The van der Waals surface area contributed by atoms with E-state index in [1.54, 1.807) is 0 Å². The van der Waals surface area contributed by atoms with Crippen LogP contribution in [0.3, 0.4) is 0 Å². The predicted molar refractivity (Wildman–Crippen MR) is 113 cm³/mol. The number of benzene rings is 1. The molecule has 4 rings (SSSR count). The van der Waals surface area contributed by atoms with Crippen LogP contribution in [0.15, 0.2) is 29.1 Å². The van der Waals surface area contributed by atoms with Crippen LogP contribution in [0, 0.1) is 0 Å². The van der Waals surface area contributed by atoms with E-state index in [1.165, 1.54) is 5.69 Å². The number of H-pyrrole nitrogens is 1. The number of pyridine rings is 1. The standard InChI is InChI=1S/C22H23N3O4/c1-3-23-8-7-14-9-13-10-16-12(11-17(13)25(14)2)5-4-6-15-19(16)24-21(27)18(20(15)26)22(28)29/h4-5,9-11,23H,3,6-8H2,1-2H3,(H,28,29)(H2,24,26,27).